The minimum atomic E-state index is -3.69. The van der Waals surface area contributed by atoms with Crippen LogP contribution in [0.1, 0.15) is 44.2 Å². The molecule has 2 atom stereocenters. The molecule has 3 aromatic carbocycles. The van der Waals surface area contributed by atoms with Crippen LogP contribution in [-0.2, 0) is 32.6 Å². The van der Waals surface area contributed by atoms with Crippen molar-refractivity contribution in [1.82, 2.24) is 10.2 Å². The second-order valence-electron chi connectivity index (χ2n) is 10.4. The SMILES string of the molecule is CC[C@@H](C)NC(=O)[C@H](Cc1ccccc1)N(Cc1c(Cl)cccc1Cl)C(=O)CCCN(c1ccccc1OC)S(C)(=O)=O. The van der Waals surface area contributed by atoms with Crippen molar-refractivity contribution in [2.45, 2.75) is 58.2 Å². The molecule has 0 aliphatic carbocycles. The number of carbonyl (C=O) groups excluding carboxylic acids is 2. The molecule has 0 bridgehead atoms. The summed E-state index contributed by atoms with van der Waals surface area (Å²) < 4.78 is 32.1. The normalized spacial score (nSPS) is 12.7. The third kappa shape index (κ3) is 9.61. The van der Waals surface area contributed by atoms with E-state index in [9.17, 15) is 18.0 Å². The Labute approximate surface area is 265 Å². The number of nitrogens with zero attached hydrogens (tertiary/aromatic N) is 2. The smallest absolute Gasteiger partial charge is 0.243 e. The number of hydrogen-bond donors (Lipinski definition) is 1. The van der Waals surface area contributed by atoms with Gasteiger partial charge in [-0.2, -0.15) is 0 Å². The molecule has 0 fully saturated rings. The Hall–Kier alpha value is -3.27. The molecule has 0 aliphatic heterocycles. The second-order valence-corrected chi connectivity index (χ2v) is 13.1. The highest BCUT2D eigenvalue weighted by Gasteiger charge is 2.32. The van der Waals surface area contributed by atoms with E-state index in [1.165, 1.54) is 16.3 Å². The summed E-state index contributed by atoms with van der Waals surface area (Å²) in [5.74, 6) is -0.218. The van der Waals surface area contributed by atoms with Crippen molar-refractivity contribution in [1.29, 1.82) is 0 Å². The monoisotopic (exact) mass is 647 g/mol. The number of para-hydroxylation sites is 2. The zero-order valence-corrected chi connectivity index (χ0v) is 27.3. The summed E-state index contributed by atoms with van der Waals surface area (Å²) in [5.41, 5.74) is 1.80. The first-order valence-corrected chi connectivity index (χ1v) is 16.7. The first-order chi connectivity index (χ1) is 20.5. The van der Waals surface area contributed by atoms with E-state index in [-0.39, 0.29) is 50.2 Å². The molecule has 43 heavy (non-hydrogen) atoms. The van der Waals surface area contributed by atoms with Crippen LogP contribution in [-0.4, -0.2) is 57.1 Å². The third-order valence-corrected chi connectivity index (χ3v) is 9.06. The number of nitrogens with one attached hydrogen (secondary N) is 1. The van der Waals surface area contributed by atoms with Crippen molar-refractivity contribution in [3.8, 4) is 5.75 Å². The van der Waals surface area contributed by atoms with Gasteiger partial charge >= 0.3 is 0 Å². The molecule has 3 aromatic rings. The summed E-state index contributed by atoms with van der Waals surface area (Å²) in [6, 6.07) is 20.4. The molecule has 0 saturated heterocycles. The van der Waals surface area contributed by atoms with Crippen LogP contribution in [0.4, 0.5) is 5.69 Å². The van der Waals surface area contributed by atoms with Crippen molar-refractivity contribution in [3.63, 3.8) is 0 Å². The third-order valence-electron chi connectivity index (χ3n) is 7.17. The largest absolute Gasteiger partial charge is 0.495 e. The van der Waals surface area contributed by atoms with Crippen molar-refractivity contribution >= 4 is 50.7 Å². The topological polar surface area (TPSA) is 96.0 Å². The van der Waals surface area contributed by atoms with Crippen molar-refractivity contribution in [2.75, 3.05) is 24.2 Å². The molecular formula is C32H39Cl2N3O5S. The molecule has 0 saturated carbocycles. The lowest BCUT2D eigenvalue weighted by Crippen LogP contribution is -2.52. The van der Waals surface area contributed by atoms with Crippen LogP contribution in [0.25, 0.3) is 0 Å². The van der Waals surface area contributed by atoms with Gasteiger partial charge in [-0.25, -0.2) is 8.42 Å². The number of anilines is 1. The number of hydrogen-bond acceptors (Lipinski definition) is 5. The van der Waals surface area contributed by atoms with Gasteiger partial charge in [0.05, 0.1) is 19.1 Å². The Morgan fingerprint density at radius 1 is 0.953 bits per heavy atom. The Morgan fingerprint density at radius 2 is 1.58 bits per heavy atom. The van der Waals surface area contributed by atoms with Gasteiger partial charge in [0, 0.05) is 47.6 Å². The highest BCUT2D eigenvalue weighted by atomic mass is 35.5. The molecule has 0 spiro atoms. The molecule has 0 unspecified atom stereocenters. The molecule has 8 nitrogen and oxygen atoms in total. The van der Waals surface area contributed by atoms with Gasteiger partial charge in [-0.1, -0.05) is 78.7 Å². The van der Waals surface area contributed by atoms with Crippen LogP contribution in [0.15, 0.2) is 72.8 Å². The number of carbonyl (C=O) groups is 2. The van der Waals surface area contributed by atoms with Gasteiger partial charge in [-0.15, -0.1) is 0 Å². The second kappa shape index (κ2) is 16.0. The van der Waals surface area contributed by atoms with Crippen LogP contribution in [0, 0.1) is 0 Å². The molecule has 0 heterocycles. The predicted molar refractivity (Wildman–Crippen MR) is 173 cm³/mol. The molecule has 0 aliphatic rings. The zero-order valence-electron chi connectivity index (χ0n) is 24.9. The van der Waals surface area contributed by atoms with E-state index in [1.807, 2.05) is 44.2 Å². The quantitative estimate of drug-likeness (QED) is 0.215. The van der Waals surface area contributed by atoms with Crippen molar-refractivity contribution in [2.24, 2.45) is 0 Å². The lowest BCUT2D eigenvalue weighted by molar-refractivity contribution is -0.141. The molecule has 2 amide bonds. The molecule has 0 aromatic heterocycles. The summed E-state index contributed by atoms with van der Waals surface area (Å²) >= 11 is 13.0. The highest BCUT2D eigenvalue weighted by molar-refractivity contribution is 7.92. The van der Waals surface area contributed by atoms with E-state index in [2.05, 4.69) is 5.32 Å². The lowest BCUT2D eigenvalue weighted by atomic mass is 10.0. The van der Waals surface area contributed by atoms with E-state index >= 15 is 0 Å². The zero-order chi connectivity index (χ0) is 31.6. The van der Waals surface area contributed by atoms with Crippen molar-refractivity contribution < 1.29 is 22.7 Å². The Bertz CT molecular complexity index is 1470. The molecule has 232 valence electrons. The van der Waals surface area contributed by atoms with Gasteiger partial charge in [-0.3, -0.25) is 13.9 Å². The fraction of sp³-hybridized carbons (Fsp3) is 0.375. The summed E-state index contributed by atoms with van der Waals surface area (Å²) in [5, 5.41) is 3.79. The molecular weight excluding hydrogens is 609 g/mol. The Morgan fingerprint density at radius 3 is 2.19 bits per heavy atom. The Kier molecular flexibility index (Phi) is 12.7. The first-order valence-electron chi connectivity index (χ1n) is 14.1. The lowest BCUT2D eigenvalue weighted by Gasteiger charge is -2.33. The predicted octanol–water partition coefficient (Wildman–Crippen LogP) is 6.10. The van der Waals surface area contributed by atoms with Crippen LogP contribution in [0.3, 0.4) is 0 Å². The number of amides is 2. The minimum Gasteiger partial charge on any atom is -0.495 e. The van der Waals surface area contributed by atoms with Crippen LogP contribution < -0.4 is 14.4 Å². The molecule has 3 rings (SSSR count). The fourth-order valence-electron chi connectivity index (χ4n) is 4.67. The maximum absolute atomic E-state index is 14.0. The van der Waals surface area contributed by atoms with Gasteiger partial charge in [-0.05, 0) is 49.6 Å². The van der Waals surface area contributed by atoms with E-state index < -0.39 is 16.1 Å². The minimum absolute atomic E-state index is 0.00502. The first kappa shape index (κ1) is 34.2. The summed E-state index contributed by atoms with van der Waals surface area (Å²) in [4.78, 5) is 29.2. The standard InChI is InChI=1S/C32H39Cl2N3O5S/c1-5-23(2)35-32(39)29(21-24-13-7-6-8-14-24)36(22-25-26(33)15-11-16-27(25)34)31(38)19-12-20-37(43(4,40)41)28-17-9-10-18-30(28)42-3/h6-11,13-18,23,29H,5,12,19-22H2,1-4H3,(H,35,39)/t23-,29+/m1/s1. The van der Waals surface area contributed by atoms with Gasteiger partial charge < -0.3 is 15.0 Å². The van der Waals surface area contributed by atoms with Crippen LogP contribution >= 0.6 is 23.2 Å². The average Bonchev–Trinajstić information content (AvgIpc) is 2.98. The molecule has 0 radical (unpaired) electrons. The van der Waals surface area contributed by atoms with Gasteiger partial charge in [0.15, 0.2) is 0 Å². The summed E-state index contributed by atoms with van der Waals surface area (Å²) in [6.45, 7) is 3.92. The van der Waals surface area contributed by atoms with E-state index in [0.29, 0.717) is 27.0 Å². The fourth-order valence-corrected chi connectivity index (χ4v) is 6.15. The number of halogens is 2. The van der Waals surface area contributed by atoms with Gasteiger partial charge in [0.1, 0.15) is 11.8 Å². The molecule has 1 N–H and O–H groups in total. The summed E-state index contributed by atoms with van der Waals surface area (Å²) in [6.07, 6.45) is 2.28. The Balaban J connectivity index is 1.95. The van der Waals surface area contributed by atoms with Crippen LogP contribution in [0.2, 0.25) is 10.0 Å². The average molecular weight is 649 g/mol. The van der Waals surface area contributed by atoms with E-state index in [0.717, 1.165) is 18.2 Å². The maximum Gasteiger partial charge on any atom is 0.243 e. The van der Waals surface area contributed by atoms with Gasteiger partial charge in [0.2, 0.25) is 21.8 Å². The highest BCUT2D eigenvalue weighted by Crippen LogP contribution is 2.31. The van der Waals surface area contributed by atoms with Crippen LogP contribution in [0.5, 0.6) is 5.75 Å². The number of benzene rings is 3. The summed E-state index contributed by atoms with van der Waals surface area (Å²) in [7, 11) is -2.22. The van der Waals surface area contributed by atoms with E-state index in [4.69, 9.17) is 27.9 Å². The van der Waals surface area contributed by atoms with E-state index in [1.54, 1.807) is 42.5 Å². The number of methoxy groups -OCH3 is 1. The maximum atomic E-state index is 14.0. The molecule has 11 heteroatoms. The number of sulfonamides is 1. The van der Waals surface area contributed by atoms with Crippen molar-refractivity contribution in [3.05, 3.63) is 94.0 Å². The number of ether oxygens (including phenoxy) is 1. The van der Waals surface area contributed by atoms with Gasteiger partial charge in [0.25, 0.3) is 0 Å². The number of rotatable bonds is 15.